The molecule has 1 aromatic heterocycles. The Morgan fingerprint density at radius 3 is 2.20 bits per heavy atom. The number of urea groups is 1. The molecule has 2 aromatic rings. The maximum atomic E-state index is 12.4. The van der Waals surface area contributed by atoms with Crippen molar-refractivity contribution in [3.05, 3.63) is 59.9 Å². The average Bonchev–Trinajstić information content (AvgIpc) is 2.60. The Labute approximate surface area is 178 Å². The van der Waals surface area contributed by atoms with Crippen molar-refractivity contribution in [3.8, 4) is 0 Å². The highest BCUT2D eigenvalue weighted by Crippen LogP contribution is 2.31. The van der Waals surface area contributed by atoms with E-state index >= 15 is 0 Å². The molecule has 0 saturated carbocycles. The third kappa shape index (κ3) is 4.64. The van der Waals surface area contributed by atoms with E-state index in [1.165, 1.54) is 11.1 Å². The number of carbonyl (C=O) groups excluding carboxylic acids is 2. The van der Waals surface area contributed by atoms with Gasteiger partial charge in [0.15, 0.2) is 0 Å². The third-order valence-electron chi connectivity index (χ3n) is 5.87. The van der Waals surface area contributed by atoms with Gasteiger partial charge in [-0.1, -0.05) is 39.0 Å². The van der Waals surface area contributed by atoms with Gasteiger partial charge in [0.2, 0.25) is 5.91 Å². The van der Waals surface area contributed by atoms with Gasteiger partial charge >= 0.3 is 6.03 Å². The van der Waals surface area contributed by atoms with E-state index in [0.717, 1.165) is 31.9 Å². The topological polar surface area (TPSA) is 65.5 Å². The first-order valence-electron chi connectivity index (χ1n) is 10.6. The number of likely N-dealkylation sites (tertiary alicyclic amines) is 2. The molecular formula is C24H30N4O2. The summed E-state index contributed by atoms with van der Waals surface area (Å²) in [7, 11) is 0. The lowest BCUT2D eigenvalue weighted by molar-refractivity contribution is -0.137. The van der Waals surface area contributed by atoms with E-state index in [1.807, 2.05) is 34.2 Å². The summed E-state index contributed by atoms with van der Waals surface area (Å²) in [5.74, 6) is 0.991. The molecule has 0 atom stereocenters. The molecule has 0 bridgehead atoms. The summed E-state index contributed by atoms with van der Waals surface area (Å²) in [6, 6.07) is 11.9. The van der Waals surface area contributed by atoms with E-state index in [2.05, 4.69) is 49.3 Å². The highest BCUT2D eigenvalue weighted by Gasteiger charge is 2.34. The van der Waals surface area contributed by atoms with Crippen molar-refractivity contribution in [2.45, 2.75) is 39.0 Å². The lowest BCUT2D eigenvalue weighted by Crippen LogP contribution is -2.50. The van der Waals surface area contributed by atoms with Crippen LogP contribution in [0.15, 0.2) is 48.8 Å². The van der Waals surface area contributed by atoms with Crippen LogP contribution in [0.2, 0.25) is 0 Å². The standard InChI is InChI=1S/C24H30N4O2/c1-24(2,3)11-22(29)27-13-19(14-27)17-6-8-21(9-7-17)26-23(30)28-15-20(16-28)18-5-4-10-25-12-18/h4-10,12,19-20H,11,13-16H2,1-3H3,(H,26,30). The Balaban J connectivity index is 1.23. The van der Waals surface area contributed by atoms with Crippen molar-refractivity contribution < 1.29 is 9.59 Å². The third-order valence-corrected chi connectivity index (χ3v) is 5.87. The summed E-state index contributed by atoms with van der Waals surface area (Å²) in [4.78, 5) is 32.6. The summed E-state index contributed by atoms with van der Waals surface area (Å²) in [6.45, 7) is 9.28. The molecule has 1 N–H and O–H groups in total. The van der Waals surface area contributed by atoms with E-state index in [-0.39, 0.29) is 17.4 Å². The maximum absolute atomic E-state index is 12.4. The lowest BCUT2D eigenvalue weighted by atomic mass is 9.87. The summed E-state index contributed by atoms with van der Waals surface area (Å²) in [6.07, 6.45) is 4.22. The molecule has 0 spiro atoms. The minimum atomic E-state index is -0.0644. The van der Waals surface area contributed by atoms with Gasteiger partial charge in [0.05, 0.1) is 0 Å². The van der Waals surface area contributed by atoms with Crippen molar-refractivity contribution in [2.75, 3.05) is 31.5 Å². The van der Waals surface area contributed by atoms with Gasteiger partial charge in [0, 0.05) is 62.5 Å². The molecule has 3 amide bonds. The predicted octanol–water partition coefficient (Wildman–Crippen LogP) is 4.07. The molecule has 6 nitrogen and oxygen atoms in total. The number of amides is 3. The Hall–Kier alpha value is -2.89. The first kappa shape index (κ1) is 20.4. The smallest absolute Gasteiger partial charge is 0.321 e. The number of nitrogens with zero attached hydrogens (tertiary/aromatic N) is 3. The van der Waals surface area contributed by atoms with E-state index in [4.69, 9.17) is 0 Å². The lowest BCUT2D eigenvalue weighted by Gasteiger charge is -2.41. The maximum Gasteiger partial charge on any atom is 0.321 e. The zero-order chi connectivity index (χ0) is 21.3. The molecule has 2 saturated heterocycles. The fraction of sp³-hybridized carbons (Fsp3) is 0.458. The van der Waals surface area contributed by atoms with E-state index in [0.29, 0.717) is 18.3 Å². The SMILES string of the molecule is CC(C)(C)CC(=O)N1CC(c2ccc(NC(=O)N3CC(c4cccnc4)C3)cc2)C1. The molecule has 0 radical (unpaired) electrons. The van der Waals surface area contributed by atoms with Gasteiger partial charge in [-0.05, 0) is 34.7 Å². The molecule has 2 fully saturated rings. The second kappa shape index (κ2) is 8.09. The molecule has 2 aliphatic heterocycles. The minimum absolute atomic E-state index is 0.0243. The van der Waals surface area contributed by atoms with Gasteiger partial charge in [-0.25, -0.2) is 4.79 Å². The Kier molecular flexibility index (Phi) is 5.50. The molecule has 2 aliphatic rings. The first-order chi connectivity index (χ1) is 14.3. The van der Waals surface area contributed by atoms with E-state index in [9.17, 15) is 9.59 Å². The molecular weight excluding hydrogens is 376 g/mol. The first-order valence-corrected chi connectivity index (χ1v) is 10.6. The number of anilines is 1. The van der Waals surface area contributed by atoms with Gasteiger partial charge in [-0.3, -0.25) is 9.78 Å². The number of carbonyl (C=O) groups is 2. The quantitative estimate of drug-likeness (QED) is 0.832. The summed E-state index contributed by atoms with van der Waals surface area (Å²) in [5, 5.41) is 2.98. The van der Waals surface area contributed by atoms with Crippen molar-refractivity contribution in [3.63, 3.8) is 0 Å². The molecule has 0 unspecified atom stereocenters. The fourth-order valence-electron chi connectivity index (χ4n) is 3.97. The number of rotatable bonds is 4. The van der Waals surface area contributed by atoms with Crippen LogP contribution in [0.1, 0.15) is 50.2 Å². The van der Waals surface area contributed by atoms with Crippen LogP contribution in [0.25, 0.3) is 0 Å². The molecule has 158 valence electrons. The normalized spacial score (nSPS) is 17.3. The summed E-state index contributed by atoms with van der Waals surface area (Å²) in [5.41, 5.74) is 3.22. The highest BCUT2D eigenvalue weighted by molar-refractivity contribution is 5.90. The number of hydrogen-bond acceptors (Lipinski definition) is 3. The summed E-state index contributed by atoms with van der Waals surface area (Å²) >= 11 is 0. The van der Waals surface area contributed by atoms with Crippen LogP contribution >= 0.6 is 0 Å². The number of benzene rings is 1. The Bertz CT molecular complexity index is 893. The molecule has 30 heavy (non-hydrogen) atoms. The second-order valence-corrected chi connectivity index (χ2v) is 9.67. The Morgan fingerprint density at radius 2 is 1.60 bits per heavy atom. The molecule has 6 heteroatoms. The van der Waals surface area contributed by atoms with Gasteiger partial charge in [-0.2, -0.15) is 0 Å². The largest absolute Gasteiger partial charge is 0.341 e. The van der Waals surface area contributed by atoms with E-state index in [1.54, 1.807) is 6.20 Å². The zero-order valence-corrected chi connectivity index (χ0v) is 18.0. The van der Waals surface area contributed by atoms with Crippen LogP contribution in [0, 0.1) is 5.41 Å². The number of nitrogens with one attached hydrogen (secondary N) is 1. The molecule has 4 rings (SSSR count). The van der Waals surface area contributed by atoms with Gasteiger partial charge in [0.1, 0.15) is 0 Å². The van der Waals surface area contributed by atoms with Crippen molar-refractivity contribution >= 4 is 17.6 Å². The van der Waals surface area contributed by atoms with Gasteiger partial charge in [0.25, 0.3) is 0 Å². The minimum Gasteiger partial charge on any atom is -0.341 e. The van der Waals surface area contributed by atoms with Gasteiger partial charge < -0.3 is 15.1 Å². The van der Waals surface area contributed by atoms with Crippen molar-refractivity contribution in [1.82, 2.24) is 14.8 Å². The van der Waals surface area contributed by atoms with Crippen LogP contribution in [0.3, 0.4) is 0 Å². The van der Waals surface area contributed by atoms with Crippen LogP contribution < -0.4 is 5.32 Å². The Morgan fingerprint density at radius 1 is 0.967 bits per heavy atom. The highest BCUT2D eigenvalue weighted by atomic mass is 16.2. The predicted molar refractivity (Wildman–Crippen MR) is 117 cm³/mol. The number of aromatic nitrogens is 1. The van der Waals surface area contributed by atoms with Crippen LogP contribution in [0.5, 0.6) is 0 Å². The monoisotopic (exact) mass is 406 g/mol. The molecule has 3 heterocycles. The van der Waals surface area contributed by atoms with Crippen LogP contribution in [-0.2, 0) is 4.79 Å². The van der Waals surface area contributed by atoms with E-state index < -0.39 is 0 Å². The number of pyridine rings is 1. The van der Waals surface area contributed by atoms with Crippen LogP contribution in [0.4, 0.5) is 10.5 Å². The van der Waals surface area contributed by atoms with Gasteiger partial charge in [-0.15, -0.1) is 0 Å². The van der Waals surface area contributed by atoms with Crippen molar-refractivity contribution in [2.24, 2.45) is 5.41 Å². The fourth-order valence-corrected chi connectivity index (χ4v) is 3.97. The summed E-state index contributed by atoms with van der Waals surface area (Å²) < 4.78 is 0. The van der Waals surface area contributed by atoms with Crippen molar-refractivity contribution in [1.29, 1.82) is 0 Å². The van der Waals surface area contributed by atoms with Crippen LogP contribution in [-0.4, -0.2) is 52.9 Å². The number of hydrogen-bond donors (Lipinski definition) is 1. The second-order valence-electron chi connectivity index (χ2n) is 9.67. The zero-order valence-electron chi connectivity index (χ0n) is 18.0. The average molecular weight is 407 g/mol. The molecule has 1 aromatic carbocycles. The molecule has 0 aliphatic carbocycles.